The number of hydrogen-bond donors (Lipinski definition) is 1. The lowest BCUT2D eigenvalue weighted by Crippen LogP contribution is -2.08. The van der Waals surface area contributed by atoms with E-state index in [9.17, 15) is 0 Å². The SMILES string of the molecule is COC(c1nc(C)c(CCN)s1)C(C)C. The van der Waals surface area contributed by atoms with Gasteiger partial charge in [0.25, 0.3) is 0 Å². The average molecular weight is 228 g/mol. The lowest BCUT2D eigenvalue weighted by atomic mass is 10.1. The molecular weight excluding hydrogens is 208 g/mol. The Morgan fingerprint density at radius 3 is 2.60 bits per heavy atom. The Bertz CT molecular complexity index is 310. The minimum atomic E-state index is 0.111. The molecule has 1 rings (SSSR count). The fourth-order valence-electron chi connectivity index (χ4n) is 1.59. The highest BCUT2D eigenvalue weighted by Gasteiger charge is 2.20. The molecule has 0 aliphatic carbocycles. The van der Waals surface area contributed by atoms with Crippen molar-refractivity contribution in [2.75, 3.05) is 13.7 Å². The second kappa shape index (κ2) is 5.58. The summed E-state index contributed by atoms with van der Waals surface area (Å²) >= 11 is 1.73. The highest BCUT2D eigenvalue weighted by molar-refractivity contribution is 7.11. The number of nitrogens with zero attached hydrogens (tertiary/aromatic N) is 1. The quantitative estimate of drug-likeness (QED) is 0.841. The van der Waals surface area contributed by atoms with Crippen molar-refractivity contribution in [1.82, 2.24) is 4.98 Å². The minimum absolute atomic E-state index is 0.111. The molecule has 0 amide bonds. The summed E-state index contributed by atoms with van der Waals surface area (Å²) in [7, 11) is 1.74. The summed E-state index contributed by atoms with van der Waals surface area (Å²) in [4.78, 5) is 5.85. The molecule has 0 spiro atoms. The van der Waals surface area contributed by atoms with E-state index in [4.69, 9.17) is 10.5 Å². The lowest BCUT2D eigenvalue weighted by molar-refractivity contribution is 0.0643. The molecule has 15 heavy (non-hydrogen) atoms. The Balaban J connectivity index is 2.89. The summed E-state index contributed by atoms with van der Waals surface area (Å²) in [6.07, 6.45) is 1.03. The third-order valence-electron chi connectivity index (χ3n) is 2.38. The van der Waals surface area contributed by atoms with Gasteiger partial charge in [-0.25, -0.2) is 4.98 Å². The van der Waals surface area contributed by atoms with Crippen LogP contribution in [0.3, 0.4) is 0 Å². The van der Waals surface area contributed by atoms with Gasteiger partial charge in [0.15, 0.2) is 0 Å². The predicted octanol–water partition coefficient (Wildman–Crippen LogP) is 2.30. The van der Waals surface area contributed by atoms with Crippen molar-refractivity contribution in [2.24, 2.45) is 11.7 Å². The number of nitrogens with two attached hydrogens (primary N) is 1. The Hall–Kier alpha value is -0.450. The van der Waals surface area contributed by atoms with Crippen LogP contribution in [-0.4, -0.2) is 18.6 Å². The maximum atomic E-state index is 5.55. The molecule has 86 valence electrons. The summed E-state index contributed by atoms with van der Waals surface area (Å²) in [5.41, 5.74) is 6.65. The van der Waals surface area contributed by atoms with Crippen molar-refractivity contribution < 1.29 is 4.74 Å². The number of methoxy groups -OCH3 is 1. The van der Waals surface area contributed by atoms with Crippen molar-refractivity contribution in [2.45, 2.75) is 33.3 Å². The summed E-state index contributed by atoms with van der Waals surface area (Å²) < 4.78 is 5.46. The molecule has 0 aliphatic rings. The molecule has 2 N–H and O–H groups in total. The monoisotopic (exact) mass is 228 g/mol. The Labute approximate surface area is 95.7 Å². The van der Waals surface area contributed by atoms with E-state index < -0.39 is 0 Å². The van der Waals surface area contributed by atoms with Crippen molar-refractivity contribution >= 4 is 11.3 Å². The van der Waals surface area contributed by atoms with Crippen LogP contribution in [0, 0.1) is 12.8 Å². The molecule has 1 aromatic heterocycles. The van der Waals surface area contributed by atoms with Crippen LogP contribution in [0.4, 0.5) is 0 Å². The maximum Gasteiger partial charge on any atom is 0.122 e. The highest BCUT2D eigenvalue weighted by atomic mass is 32.1. The molecule has 0 fully saturated rings. The molecule has 1 unspecified atom stereocenters. The third kappa shape index (κ3) is 3.00. The Kier molecular flexibility index (Phi) is 4.70. The molecule has 0 saturated carbocycles. The van der Waals surface area contributed by atoms with Crippen LogP contribution in [0.1, 0.15) is 35.5 Å². The van der Waals surface area contributed by atoms with Gasteiger partial charge in [0.2, 0.25) is 0 Å². The molecule has 1 aromatic rings. The van der Waals surface area contributed by atoms with Crippen LogP contribution in [0.5, 0.6) is 0 Å². The molecule has 1 atom stereocenters. The van der Waals surface area contributed by atoms with E-state index in [0.29, 0.717) is 12.5 Å². The number of hydrogen-bond acceptors (Lipinski definition) is 4. The van der Waals surface area contributed by atoms with Gasteiger partial charge in [0, 0.05) is 12.0 Å². The first kappa shape index (κ1) is 12.6. The van der Waals surface area contributed by atoms with Crippen LogP contribution >= 0.6 is 11.3 Å². The van der Waals surface area contributed by atoms with Crippen LogP contribution in [0.15, 0.2) is 0 Å². The van der Waals surface area contributed by atoms with Gasteiger partial charge in [-0.05, 0) is 25.8 Å². The van der Waals surface area contributed by atoms with Gasteiger partial charge in [-0.2, -0.15) is 0 Å². The summed E-state index contributed by atoms with van der Waals surface area (Å²) in [6, 6.07) is 0. The third-order valence-corrected chi connectivity index (χ3v) is 3.66. The van der Waals surface area contributed by atoms with Gasteiger partial charge < -0.3 is 10.5 Å². The van der Waals surface area contributed by atoms with Gasteiger partial charge in [-0.1, -0.05) is 13.8 Å². The second-order valence-corrected chi connectivity index (χ2v) is 5.11. The molecular formula is C11H20N2OS. The van der Waals surface area contributed by atoms with Gasteiger partial charge in [-0.3, -0.25) is 0 Å². The molecule has 0 saturated heterocycles. The van der Waals surface area contributed by atoms with Crippen molar-refractivity contribution in [3.05, 3.63) is 15.6 Å². The Morgan fingerprint density at radius 1 is 1.47 bits per heavy atom. The molecule has 3 nitrogen and oxygen atoms in total. The normalized spacial score (nSPS) is 13.5. The summed E-state index contributed by atoms with van der Waals surface area (Å²) in [6.45, 7) is 7.01. The fraction of sp³-hybridized carbons (Fsp3) is 0.727. The largest absolute Gasteiger partial charge is 0.374 e. The first-order valence-electron chi connectivity index (χ1n) is 5.29. The van der Waals surface area contributed by atoms with Gasteiger partial charge in [-0.15, -0.1) is 11.3 Å². The minimum Gasteiger partial charge on any atom is -0.374 e. The smallest absolute Gasteiger partial charge is 0.122 e. The van der Waals surface area contributed by atoms with E-state index in [0.717, 1.165) is 17.1 Å². The number of aryl methyl sites for hydroxylation is 1. The van der Waals surface area contributed by atoms with E-state index in [2.05, 4.69) is 18.8 Å². The molecule has 1 heterocycles. The van der Waals surface area contributed by atoms with Crippen LogP contribution < -0.4 is 5.73 Å². The summed E-state index contributed by atoms with van der Waals surface area (Å²) in [5.74, 6) is 0.450. The fourth-order valence-corrected chi connectivity index (χ4v) is 2.93. The zero-order valence-corrected chi connectivity index (χ0v) is 10.7. The number of rotatable bonds is 5. The number of ether oxygens (including phenoxy) is 1. The van der Waals surface area contributed by atoms with Crippen LogP contribution in [0.25, 0.3) is 0 Å². The highest BCUT2D eigenvalue weighted by Crippen LogP contribution is 2.30. The second-order valence-electron chi connectivity index (χ2n) is 4.00. The first-order chi connectivity index (χ1) is 7.10. The Morgan fingerprint density at radius 2 is 2.13 bits per heavy atom. The van der Waals surface area contributed by atoms with E-state index in [1.54, 1.807) is 18.4 Å². The number of thiazole rings is 1. The molecule has 0 bridgehead atoms. The summed E-state index contributed by atoms with van der Waals surface area (Å²) in [5, 5.41) is 1.08. The standard InChI is InChI=1S/C11H20N2OS/c1-7(2)10(14-4)11-13-8(3)9(15-11)5-6-12/h7,10H,5-6,12H2,1-4H3. The zero-order valence-electron chi connectivity index (χ0n) is 9.91. The van der Waals surface area contributed by atoms with Crippen molar-refractivity contribution in [3.8, 4) is 0 Å². The molecule has 0 aromatic carbocycles. The molecule has 0 aliphatic heterocycles. The van der Waals surface area contributed by atoms with Crippen molar-refractivity contribution in [1.29, 1.82) is 0 Å². The van der Waals surface area contributed by atoms with E-state index >= 15 is 0 Å². The van der Waals surface area contributed by atoms with Gasteiger partial charge >= 0.3 is 0 Å². The lowest BCUT2D eigenvalue weighted by Gasteiger charge is -2.15. The van der Waals surface area contributed by atoms with E-state index in [1.165, 1.54) is 4.88 Å². The molecule has 4 heteroatoms. The van der Waals surface area contributed by atoms with E-state index in [-0.39, 0.29) is 6.10 Å². The molecule has 0 radical (unpaired) electrons. The van der Waals surface area contributed by atoms with Gasteiger partial charge in [0.05, 0.1) is 5.69 Å². The van der Waals surface area contributed by atoms with Crippen LogP contribution in [-0.2, 0) is 11.2 Å². The van der Waals surface area contributed by atoms with E-state index in [1.807, 2.05) is 6.92 Å². The topological polar surface area (TPSA) is 48.1 Å². The van der Waals surface area contributed by atoms with Gasteiger partial charge in [0.1, 0.15) is 11.1 Å². The average Bonchev–Trinajstić information content (AvgIpc) is 2.49. The maximum absolute atomic E-state index is 5.55. The number of aromatic nitrogens is 1. The van der Waals surface area contributed by atoms with Crippen LogP contribution in [0.2, 0.25) is 0 Å². The predicted molar refractivity (Wildman–Crippen MR) is 64.2 cm³/mol. The first-order valence-corrected chi connectivity index (χ1v) is 6.10. The zero-order chi connectivity index (χ0) is 11.4. The van der Waals surface area contributed by atoms with Crippen molar-refractivity contribution in [3.63, 3.8) is 0 Å².